The lowest BCUT2D eigenvalue weighted by molar-refractivity contribution is 0.0698. The number of benzene rings is 1. The van der Waals surface area contributed by atoms with Crippen LogP contribution in [0.25, 0.3) is 0 Å². The van der Waals surface area contributed by atoms with E-state index in [0.29, 0.717) is 21.5 Å². The zero-order valence-corrected chi connectivity index (χ0v) is 12.9. The first-order valence-corrected chi connectivity index (χ1v) is 6.81. The molecule has 0 spiro atoms. The van der Waals surface area contributed by atoms with Crippen molar-refractivity contribution in [3.63, 3.8) is 0 Å². The van der Waals surface area contributed by atoms with E-state index in [1.165, 1.54) is 6.07 Å². The smallest absolute Gasteiger partial charge is 0.337 e. The number of nitrogens with one attached hydrogen (secondary N) is 3. The number of aromatic nitrogens is 2. The van der Waals surface area contributed by atoms with Gasteiger partial charge in [-0.3, -0.25) is 5.10 Å². The van der Waals surface area contributed by atoms with Crippen LogP contribution in [0.3, 0.4) is 0 Å². The number of halogens is 1. The minimum absolute atomic E-state index is 0.000150. The Hall–Kier alpha value is -2.35. The van der Waals surface area contributed by atoms with Crippen molar-refractivity contribution in [2.45, 2.75) is 13.8 Å². The van der Waals surface area contributed by atoms with Gasteiger partial charge in [-0.15, -0.1) is 0 Å². The van der Waals surface area contributed by atoms with Gasteiger partial charge in [0.1, 0.15) is 0 Å². The number of para-hydroxylation sites is 1. The number of aromatic carboxylic acids is 1. The van der Waals surface area contributed by atoms with Crippen molar-refractivity contribution in [2.75, 3.05) is 10.6 Å². The molecule has 0 aliphatic heterocycles. The fourth-order valence-electron chi connectivity index (χ4n) is 1.82. The fraction of sp³-hybridized carbons (Fsp3) is 0.154. The van der Waals surface area contributed by atoms with Gasteiger partial charge in [0.25, 0.3) is 0 Å². The summed E-state index contributed by atoms with van der Waals surface area (Å²) in [6.07, 6.45) is 0. The van der Waals surface area contributed by atoms with Crippen molar-refractivity contribution in [1.82, 2.24) is 10.2 Å². The Kier molecular flexibility index (Phi) is 4.27. The lowest BCUT2D eigenvalue weighted by Gasteiger charge is -2.11. The van der Waals surface area contributed by atoms with Crippen LogP contribution >= 0.6 is 15.9 Å². The van der Waals surface area contributed by atoms with Crippen LogP contribution < -0.4 is 10.6 Å². The Morgan fingerprint density at radius 1 is 1.24 bits per heavy atom. The predicted octanol–water partition coefficient (Wildman–Crippen LogP) is 3.13. The van der Waals surface area contributed by atoms with E-state index in [4.69, 9.17) is 5.11 Å². The van der Waals surface area contributed by atoms with Gasteiger partial charge in [-0.2, -0.15) is 5.10 Å². The Morgan fingerprint density at radius 2 is 1.90 bits per heavy atom. The largest absolute Gasteiger partial charge is 0.478 e. The zero-order chi connectivity index (χ0) is 15.6. The molecule has 7 nitrogen and oxygen atoms in total. The summed E-state index contributed by atoms with van der Waals surface area (Å²) in [4.78, 5) is 23.2. The number of carboxylic acid groups (broad SMARTS) is 1. The number of urea groups is 1. The highest BCUT2D eigenvalue weighted by Gasteiger charge is 2.16. The van der Waals surface area contributed by atoms with Gasteiger partial charge in [-0.1, -0.05) is 6.07 Å². The number of hydrogen-bond donors (Lipinski definition) is 4. The van der Waals surface area contributed by atoms with Crippen LogP contribution in [0.5, 0.6) is 0 Å². The van der Waals surface area contributed by atoms with Crippen molar-refractivity contribution in [3.8, 4) is 0 Å². The molecule has 1 heterocycles. The summed E-state index contributed by atoms with van der Waals surface area (Å²) in [6.45, 7) is 3.52. The number of hydrogen-bond acceptors (Lipinski definition) is 3. The summed E-state index contributed by atoms with van der Waals surface area (Å²) < 4.78 is 0.484. The van der Waals surface area contributed by atoms with Crippen LogP contribution in [0.1, 0.15) is 21.7 Å². The molecule has 0 fully saturated rings. The minimum Gasteiger partial charge on any atom is -0.478 e. The van der Waals surface area contributed by atoms with Gasteiger partial charge in [0.05, 0.1) is 28.3 Å². The standard InChI is InChI=1S/C13H13BrN4O3/c1-6-10(7(2)18-17-6)15-13(21)16-11-8(12(19)20)4-3-5-9(11)14/h3-5H,1-2H3,(H,17,18)(H,19,20)(H2,15,16,21). The van der Waals surface area contributed by atoms with Gasteiger partial charge in [0, 0.05) is 4.47 Å². The van der Waals surface area contributed by atoms with Gasteiger partial charge in [0.15, 0.2) is 0 Å². The molecule has 0 aliphatic carbocycles. The molecule has 0 atom stereocenters. The quantitative estimate of drug-likeness (QED) is 0.680. The Morgan fingerprint density at radius 3 is 2.48 bits per heavy atom. The molecule has 0 radical (unpaired) electrons. The molecular formula is C13H13BrN4O3. The zero-order valence-electron chi connectivity index (χ0n) is 11.3. The normalized spacial score (nSPS) is 10.2. The first kappa shape index (κ1) is 15.0. The highest BCUT2D eigenvalue weighted by atomic mass is 79.9. The van der Waals surface area contributed by atoms with Crippen molar-refractivity contribution < 1.29 is 14.7 Å². The third kappa shape index (κ3) is 3.22. The lowest BCUT2D eigenvalue weighted by atomic mass is 10.2. The van der Waals surface area contributed by atoms with Crippen LogP contribution in [0, 0.1) is 13.8 Å². The number of nitrogens with zero attached hydrogens (tertiary/aromatic N) is 1. The molecule has 0 unspecified atom stereocenters. The number of aryl methyl sites for hydroxylation is 2. The highest BCUT2D eigenvalue weighted by Crippen LogP contribution is 2.27. The molecule has 1 aromatic heterocycles. The monoisotopic (exact) mass is 352 g/mol. The second-order valence-electron chi connectivity index (χ2n) is 4.36. The number of rotatable bonds is 3. The van der Waals surface area contributed by atoms with E-state index in [1.54, 1.807) is 26.0 Å². The molecule has 110 valence electrons. The number of carboxylic acids is 1. The third-order valence-corrected chi connectivity index (χ3v) is 3.51. The average Bonchev–Trinajstić information content (AvgIpc) is 2.72. The van der Waals surface area contributed by atoms with Crippen molar-refractivity contribution >= 4 is 39.3 Å². The molecule has 2 rings (SSSR count). The first-order valence-electron chi connectivity index (χ1n) is 6.01. The van der Waals surface area contributed by atoms with E-state index >= 15 is 0 Å². The Balaban J connectivity index is 2.23. The fourth-order valence-corrected chi connectivity index (χ4v) is 2.29. The van der Waals surface area contributed by atoms with Crippen LogP contribution in [-0.4, -0.2) is 27.3 Å². The maximum atomic E-state index is 12.0. The van der Waals surface area contributed by atoms with Gasteiger partial charge in [-0.05, 0) is 41.9 Å². The third-order valence-electron chi connectivity index (χ3n) is 2.85. The molecule has 1 aromatic carbocycles. The first-order chi connectivity index (χ1) is 9.90. The van der Waals surface area contributed by atoms with Crippen LogP contribution in [0.15, 0.2) is 22.7 Å². The SMILES string of the molecule is Cc1n[nH]c(C)c1NC(=O)Nc1c(Br)cccc1C(=O)O. The summed E-state index contributed by atoms with van der Waals surface area (Å²) in [5.41, 5.74) is 2.12. The molecule has 2 amide bonds. The number of anilines is 2. The maximum Gasteiger partial charge on any atom is 0.337 e. The van der Waals surface area contributed by atoms with Crippen LogP contribution in [-0.2, 0) is 0 Å². The molecule has 21 heavy (non-hydrogen) atoms. The molecule has 2 aromatic rings. The number of aromatic amines is 1. The summed E-state index contributed by atoms with van der Waals surface area (Å²) in [5.74, 6) is -1.12. The Bertz CT molecular complexity index is 692. The highest BCUT2D eigenvalue weighted by molar-refractivity contribution is 9.10. The molecule has 0 saturated carbocycles. The summed E-state index contributed by atoms with van der Waals surface area (Å²) in [7, 11) is 0. The molecule has 4 N–H and O–H groups in total. The van der Waals surface area contributed by atoms with Crippen molar-refractivity contribution in [3.05, 3.63) is 39.6 Å². The van der Waals surface area contributed by atoms with Crippen molar-refractivity contribution in [1.29, 1.82) is 0 Å². The molecule has 0 aliphatic rings. The van der Waals surface area contributed by atoms with E-state index in [9.17, 15) is 9.59 Å². The Labute approximate surface area is 128 Å². The second kappa shape index (κ2) is 5.96. The number of carbonyl (C=O) groups excluding carboxylic acids is 1. The van der Waals surface area contributed by atoms with Gasteiger partial charge < -0.3 is 15.7 Å². The van der Waals surface area contributed by atoms with Crippen LogP contribution in [0.4, 0.5) is 16.2 Å². The maximum absolute atomic E-state index is 12.0. The second-order valence-corrected chi connectivity index (χ2v) is 5.21. The van der Waals surface area contributed by atoms with E-state index in [2.05, 4.69) is 36.8 Å². The van der Waals surface area contributed by atoms with E-state index < -0.39 is 12.0 Å². The number of carbonyl (C=O) groups is 2. The topological polar surface area (TPSA) is 107 Å². The van der Waals surface area contributed by atoms with Gasteiger partial charge in [-0.25, -0.2) is 9.59 Å². The van der Waals surface area contributed by atoms with E-state index in [1.807, 2.05) is 0 Å². The summed E-state index contributed by atoms with van der Waals surface area (Å²) >= 11 is 3.23. The van der Waals surface area contributed by atoms with Crippen molar-refractivity contribution in [2.24, 2.45) is 0 Å². The van der Waals surface area contributed by atoms with Crippen LogP contribution in [0.2, 0.25) is 0 Å². The number of H-pyrrole nitrogens is 1. The van der Waals surface area contributed by atoms with E-state index in [0.717, 1.165) is 0 Å². The lowest BCUT2D eigenvalue weighted by Crippen LogP contribution is -2.22. The number of amides is 2. The minimum atomic E-state index is -1.12. The summed E-state index contributed by atoms with van der Waals surface area (Å²) in [5, 5.41) is 21.0. The molecular weight excluding hydrogens is 340 g/mol. The average molecular weight is 353 g/mol. The van der Waals surface area contributed by atoms with Gasteiger partial charge in [0.2, 0.25) is 0 Å². The molecule has 0 bridgehead atoms. The molecule has 0 saturated heterocycles. The summed E-state index contributed by atoms with van der Waals surface area (Å²) in [6, 6.07) is 4.10. The predicted molar refractivity (Wildman–Crippen MR) is 81.8 cm³/mol. The molecule has 8 heteroatoms. The van der Waals surface area contributed by atoms with E-state index in [-0.39, 0.29) is 11.3 Å². The van der Waals surface area contributed by atoms with Gasteiger partial charge >= 0.3 is 12.0 Å².